The summed E-state index contributed by atoms with van der Waals surface area (Å²) in [5.74, 6) is 0.0560. The molecule has 1 aliphatic heterocycles. The molecule has 1 unspecified atom stereocenters. The average molecular weight is 278 g/mol. The highest BCUT2D eigenvalue weighted by atomic mass is 16.2. The maximum atomic E-state index is 12.6. The van der Waals surface area contributed by atoms with Crippen LogP contribution in [0.15, 0.2) is 12.4 Å². The molecule has 1 aromatic rings. The molecule has 2 heterocycles. The molecule has 0 spiro atoms. The summed E-state index contributed by atoms with van der Waals surface area (Å²) in [7, 11) is 0. The van der Waals surface area contributed by atoms with Crippen LogP contribution in [0.25, 0.3) is 0 Å². The molecule has 2 N–H and O–H groups in total. The number of likely N-dealkylation sites (tertiary alicyclic amines) is 1. The van der Waals surface area contributed by atoms with Gasteiger partial charge < -0.3 is 10.6 Å². The predicted molar refractivity (Wildman–Crippen MR) is 79.5 cm³/mol. The first kappa shape index (κ1) is 15.0. The second kappa shape index (κ2) is 4.88. The summed E-state index contributed by atoms with van der Waals surface area (Å²) in [5.41, 5.74) is 6.64. The van der Waals surface area contributed by atoms with Gasteiger partial charge in [0.25, 0.3) is 5.91 Å². The molecule has 2 rings (SSSR count). The summed E-state index contributed by atoms with van der Waals surface area (Å²) in [5, 5.41) is 4.30. The lowest BCUT2D eigenvalue weighted by atomic mass is 9.79. The number of rotatable bonds is 1. The van der Waals surface area contributed by atoms with Crippen LogP contribution in [0, 0.1) is 5.41 Å². The molecule has 5 heteroatoms. The number of carbonyl (C=O) groups is 1. The fraction of sp³-hybridized carbons (Fsp3) is 0.733. The number of amides is 1. The first-order chi connectivity index (χ1) is 9.11. The number of hydrogen-bond acceptors (Lipinski definition) is 3. The van der Waals surface area contributed by atoms with Gasteiger partial charge in [0.05, 0.1) is 17.3 Å². The Morgan fingerprint density at radius 1 is 1.45 bits per heavy atom. The van der Waals surface area contributed by atoms with Gasteiger partial charge in [-0.15, -0.1) is 0 Å². The van der Waals surface area contributed by atoms with E-state index in [2.05, 4.69) is 39.7 Å². The summed E-state index contributed by atoms with van der Waals surface area (Å²) in [4.78, 5) is 14.5. The summed E-state index contributed by atoms with van der Waals surface area (Å²) < 4.78 is 1.83. The smallest absolute Gasteiger partial charge is 0.257 e. The Morgan fingerprint density at radius 2 is 2.10 bits per heavy atom. The predicted octanol–water partition coefficient (Wildman–Crippen LogP) is 1.84. The molecule has 0 saturated carbocycles. The van der Waals surface area contributed by atoms with Crippen LogP contribution in [0.5, 0.6) is 0 Å². The van der Waals surface area contributed by atoms with Crippen molar-refractivity contribution in [2.45, 2.75) is 52.6 Å². The van der Waals surface area contributed by atoms with Crippen molar-refractivity contribution in [2.75, 3.05) is 13.1 Å². The van der Waals surface area contributed by atoms with Crippen LogP contribution < -0.4 is 5.73 Å². The van der Waals surface area contributed by atoms with Gasteiger partial charge in [0.2, 0.25) is 0 Å². The normalized spacial score (nSPS) is 22.9. The van der Waals surface area contributed by atoms with E-state index in [0.717, 1.165) is 13.0 Å². The minimum absolute atomic E-state index is 0.0338. The topological polar surface area (TPSA) is 64.2 Å². The maximum absolute atomic E-state index is 12.6. The second-order valence-electron chi connectivity index (χ2n) is 7.45. The van der Waals surface area contributed by atoms with E-state index >= 15 is 0 Å². The number of piperidine rings is 1. The van der Waals surface area contributed by atoms with Crippen molar-refractivity contribution in [1.29, 1.82) is 0 Å². The molecule has 0 radical (unpaired) electrons. The Hall–Kier alpha value is -1.36. The van der Waals surface area contributed by atoms with Crippen molar-refractivity contribution < 1.29 is 4.79 Å². The molecular weight excluding hydrogens is 252 g/mol. The van der Waals surface area contributed by atoms with Gasteiger partial charge in [0.1, 0.15) is 0 Å². The van der Waals surface area contributed by atoms with Crippen molar-refractivity contribution in [3.8, 4) is 0 Å². The lowest BCUT2D eigenvalue weighted by Gasteiger charge is -2.42. The minimum atomic E-state index is -0.109. The zero-order valence-corrected chi connectivity index (χ0v) is 13.2. The lowest BCUT2D eigenvalue weighted by molar-refractivity contribution is 0.0533. The quantitative estimate of drug-likeness (QED) is 0.852. The van der Waals surface area contributed by atoms with Crippen molar-refractivity contribution in [2.24, 2.45) is 11.1 Å². The molecule has 1 atom stereocenters. The Labute approximate surface area is 121 Å². The van der Waals surface area contributed by atoms with E-state index < -0.39 is 0 Å². The van der Waals surface area contributed by atoms with Crippen molar-refractivity contribution >= 4 is 5.91 Å². The summed E-state index contributed by atoms with van der Waals surface area (Å²) in [6.07, 6.45) is 4.35. The van der Waals surface area contributed by atoms with Gasteiger partial charge in [-0.3, -0.25) is 9.48 Å². The Bertz CT molecular complexity index is 498. The third-order valence-electron chi connectivity index (χ3n) is 4.12. The fourth-order valence-electron chi connectivity index (χ4n) is 2.53. The van der Waals surface area contributed by atoms with E-state index in [9.17, 15) is 4.79 Å². The molecule has 1 amide bonds. The van der Waals surface area contributed by atoms with Gasteiger partial charge in [-0.2, -0.15) is 5.10 Å². The van der Waals surface area contributed by atoms with Crippen LogP contribution in [0.2, 0.25) is 0 Å². The molecule has 1 fully saturated rings. The van der Waals surface area contributed by atoms with Gasteiger partial charge in [0.15, 0.2) is 0 Å². The highest BCUT2D eigenvalue weighted by molar-refractivity contribution is 5.93. The van der Waals surface area contributed by atoms with Crippen LogP contribution in [0.4, 0.5) is 0 Å². The number of nitrogens with zero attached hydrogens (tertiary/aromatic N) is 3. The van der Waals surface area contributed by atoms with Crippen molar-refractivity contribution in [1.82, 2.24) is 14.7 Å². The van der Waals surface area contributed by atoms with E-state index in [1.54, 1.807) is 6.20 Å². The zero-order chi connectivity index (χ0) is 15.1. The molecule has 20 heavy (non-hydrogen) atoms. The van der Waals surface area contributed by atoms with Crippen LogP contribution in [0.1, 0.15) is 51.4 Å². The monoisotopic (exact) mass is 278 g/mol. The van der Waals surface area contributed by atoms with Gasteiger partial charge in [-0.25, -0.2) is 0 Å². The summed E-state index contributed by atoms with van der Waals surface area (Å²) in [6.45, 7) is 11.9. The van der Waals surface area contributed by atoms with Crippen LogP contribution in [0.3, 0.4) is 0 Å². The molecule has 5 nitrogen and oxygen atoms in total. The van der Waals surface area contributed by atoms with E-state index in [1.165, 1.54) is 0 Å². The second-order valence-corrected chi connectivity index (χ2v) is 7.45. The van der Waals surface area contributed by atoms with E-state index in [4.69, 9.17) is 5.73 Å². The van der Waals surface area contributed by atoms with E-state index in [1.807, 2.05) is 15.8 Å². The zero-order valence-electron chi connectivity index (χ0n) is 13.2. The Kier molecular flexibility index (Phi) is 3.67. The summed E-state index contributed by atoms with van der Waals surface area (Å²) in [6, 6.07) is 0.156. The number of carbonyl (C=O) groups excluding carboxylic acids is 1. The number of aromatic nitrogens is 2. The molecule has 112 valence electrons. The van der Waals surface area contributed by atoms with Gasteiger partial charge in [0, 0.05) is 25.3 Å². The Morgan fingerprint density at radius 3 is 2.60 bits per heavy atom. The highest BCUT2D eigenvalue weighted by Gasteiger charge is 2.36. The standard InChI is InChI=1S/C15H26N4O/c1-14(2,3)19-9-11(8-17-19)13(20)18-7-6-12(16)15(4,5)10-18/h8-9,12H,6-7,10,16H2,1-5H3. The van der Waals surface area contributed by atoms with Crippen molar-refractivity contribution in [3.63, 3.8) is 0 Å². The van der Waals surface area contributed by atoms with Crippen molar-refractivity contribution in [3.05, 3.63) is 18.0 Å². The summed E-state index contributed by atoms with van der Waals surface area (Å²) >= 11 is 0. The van der Waals surface area contributed by atoms with Gasteiger partial charge in [-0.1, -0.05) is 13.8 Å². The molecular formula is C15H26N4O. The number of nitrogens with two attached hydrogens (primary N) is 1. The molecule has 1 saturated heterocycles. The van der Waals surface area contributed by atoms with Crippen LogP contribution >= 0.6 is 0 Å². The lowest BCUT2D eigenvalue weighted by Crippen LogP contribution is -2.53. The molecule has 1 aromatic heterocycles. The third-order valence-corrected chi connectivity index (χ3v) is 4.12. The first-order valence-corrected chi connectivity index (χ1v) is 7.21. The van der Waals surface area contributed by atoms with Gasteiger partial charge >= 0.3 is 0 Å². The number of hydrogen-bond donors (Lipinski definition) is 1. The van der Waals surface area contributed by atoms with Crippen LogP contribution in [-0.2, 0) is 5.54 Å². The largest absolute Gasteiger partial charge is 0.338 e. The Balaban J connectivity index is 2.14. The van der Waals surface area contributed by atoms with E-state index in [0.29, 0.717) is 12.1 Å². The SMILES string of the molecule is CC1(C)CN(C(=O)c2cnn(C(C)(C)C)c2)CCC1N. The third kappa shape index (κ3) is 2.87. The molecule has 0 aliphatic carbocycles. The molecule has 1 aliphatic rings. The minimum Gasteiger partial charge on any atom is -0.338 e. The fourth-order valence-corrected chi connectivity index (χ4v) is 2.53. The van der Waals surface area contributed by atoms with Crippen LogP contribution in [-0.4, -0.2) is 39.7 Å². The molecule has 0 aromatic carbocycles. The molecule has 0 bridgehead atoms. The van der Waals surface area contributed by atoms with Gasteiger partial charge in [-0.05, 0) is 32.6 Å². The van der Waals surface area contributed by atoms with E-state index in [-0.39, 0.29) is 22.9 Å². The average Bonchev–Trinajstić information content (AvgIpc) is 2.80. The maximum Gasteiger partial charge on any atom is 0.257 e. The highest BCUT2D eigenvalue weighted by Crippen LogP contribution is 2.28. The first-order valence-electron chi connectivity index (χ1n) is 7.21.